The van der Waals surface area contributed by atoms with Gasteiger partial charge in [0.2, 0.25) is 0 Å². The molecule has 0 aliphatic heterocycles. The van der Waals surface area contributed by atoms with Crippen molar-refractivity contribution in [2.75, 3.05) is 20.6 Å². The number of benzene rings is 1. The maximum atomic E-state index is 2.29. The van der Waals surface area contributed by atoms with E-state index in [1.807, 2.05) is 0 Å². The average Bonchev–Trinajstić information content (AvgIpc) is 2.56. The Kier molecular flexibility index (Phi) is 16.0. The highest BCUT2D eigenvalue weighted by atomic mass is 16.0. The van der Waals surface area contributed by atoms with Gasteiger partial charge in [-0.2, -0.15) is 0 Å². The fraction of sp³-hybridized carbons (Fsp3) is 0.739. The molecule has 0 aliphatic rings. The summed E-state index contributed by atoms with van der Waals surface area (Å²) >= 11 is 0. The molecule has 0 atom stereocenters. The van der Waals surface area contributed by atoms with Gasteiger partial charge in [0, 0.05) is 0 Å². The van der Waals surface area contributed by atoms with Crippen LogP contribution in [0.1, 0.15) is 88.2 Å². The van der Waals surface area contributed by atoms with E-state index in [4.69, 9.17) is 0 Å². The predicted octanol–water partition coefficient (Wildman–Crippen LogP) is 5.96. The van der Waals surface area contributed by atoms with Crippen LogP contribution in [0.3, 0.4) is 0 Å². The zero-order valence-electron chi connectivity index (χ0n) is 17.2. The van der Waals surface area contributed by atoms with Gasteiger partial charge in [-0.05, 0) is 58.0 Å². The first-order chi connectivity index (χ1) is 11.7. The van der Waals surface area contributed by atoms with E-state index in [1.54, 1.807) is 5.56 Å². The van der Waals surface area contributed by atoms with Crippen molar-refractivity contribution in [1.82, 2.24) is 4.90 Å². The molecule has 1 aromatic carbocycles. The molecule has 0 aliphatic carbocycles. The highest BCUT2D eigenvalue weighted by Gasteiger charge is 1.98. The molecule has 0 saturated carbocycles. The molecular formula is C23H43NO. The maximum Gasteiger partial charge on any atom is -0.00248 e. The van der Waals surface area contributed by atoms with E-state index in [2.05, 4.69) is 50.2 Å². The van der Waals surface area contributed by atoms with Crippen LogP contribution in [0.25, 0.3) is 0 Å². The van der Waals surface area contributed by atoms with Gasteiger partial charge in [-0.3, -0.25) is 0 Å². The third-order valence-corrected chi connectivity index (χ3v) is 5.06. The lowest BCUT2D eigenvalue weighted by Gasteiger charge is -2.08. The quantitative estimate of drug-likeness (QED) is 0.360. The molecular weight excluding hydrogens is 306 g/mol. The third kappa shape index (κ3) is 14.0. The Hall–Kier alpha value is -0.860. The van der Waals surface area contributed by atoms with E-state index in [1.165, 1.54) is 95.6 Å². The number of aryl methyl sites for hydroxylation is 2. The van der Waals surface area contributed by atoms with Crippen LogP contribution in [-0.2, 0) is 6.42 Å². The molecule has 1 aromatic rings. The number of nitrogens with zero attached hydrogens (tertiary/aromatic N) is 1. The van der Waals surface area contributed by atoms with Crippen molar-refractivity contribution in [3.63, 3.8) is 0 Å². The van der Waals surface area contributed by atoms with Crippen LogP contribution >= 0.6 is 0 Å². The molecule has 2 nitrogen and oxygen atoms in total. The van der Waals surface area contributed by atoms with Gasteiger partial charge in [-0.1, -0.05) is 88.5 Å². The zero-order chi connectivity index (χ0) is 17.5. The number of rotatable bonds is 15. The Labute approximate surface area is 157 Å². The summed E-state index contributed by atoms with van der Waals surface area (Å²) in [5.41, 5.74) is 3.00. The van der Waals surface area contributed by atoms with Crippen LogP contribution in [0.5, 0.6) is 0 Å². The molecule has 0 unspecified atom stereocenters. The highest BCUT2D eigenvalue weighted by Crippen LogP contribution is 2.14. The van der Waals surface area contributed by atoms with Crippen molar-refractivity contribution in [3.05, 3.63) is 35.4 Å². The monoisotopic (exact) mass is 349 g/mol. The second-order valence-electron chi connectivity index (χ2n) is 7.72. The second kappa shape index (κ2) is 16.6. The lowest BCUT2D eigenvalue weighted by molar-refractivity contribution is 0.389. The topological polar surface area (TPSA) is 34.7 Å². The third-order valence-electron chi connectivity index (χ3n) is 5.06. The first kappa shape index (κ1) is 24.1. The summed E-state index contributed by atoms with van der Waals surface area (Å²) in [7, 11) is 4.34. The zero-order valence-corrected chi connectivity index (χ0v) is 17.2. The molecule has 0 amide bonds. The van der Waals surface area contributed by atoms with E-state index in [9.17, 15) is 0 Å². The highest BCUT2D eigenvalue weighted by molar-refractivity contribution is 5.25. The van der Waals surface area contributed by atoms with Gasteiger partial charge in [-0.15, -0.1) is 0 Å². The minimum atomic E-state index is 0. The lowest BCUT2D eigenvalue weighted by atomic mass is 10.0. The van der Waals surface area contributed by atoms with Gasteiger partial charge >= 0.3 is 0 Å². The molecule has 146 valence electrons. The fourth-order valence-electron chi connectivity index (χ4n) is 3.40. The van der Waals surface area contributed by atoms with E-state index in [0.29, 0.717) is 0 Å². The molecule has 25 heavy (non-hydrogen) atoms. The first-order valence-electron chi connectivity index (χ1n) is 10.4. The Balaban J connectivity index is 0.00000576. The van der Waals surface area contributed by atoms with Crippen molar-refractivity contribution in [2.24, 2.45) is 0 Å². The lowest BCUT2D eigenvalue weighted by Crippen LogP contribution is -2.12. The first-order valence-corrected chi connectivity index (χ1v) is 10.4. The second-order valence-corrected chi connectivity index (χ2v) is 7.72. The molecule has 0 radical (unpaired) electrons. The summed E-state index contributed by atoms with van der Waals surface area (Å²) in [5.74, 6) is 0. The summed E-state index contributed by atoms with van der Waals surface area (Å²) in [6.07, 6.45) is 18.4. The average molecular weight is 350 g/mol. The molecule has 2 heteroatoms. The van der Waals surface area contributed by atoms with Crippen molar-refractivity contribution < 1.29 is 5.48 Å². The largest absolute Gasteiger partial charge is 0.412 e. The van der Waals surface area contributed by atoms with Crippen molar-refractivity contribution in [2.45, 2.75) is 90.4 Å². The van der Waals surface area contributed by atoms with E-state index in [0.717, 1.165) is 0 Å². The number of hydrogen-bond donors (Lipinski definition) is 0. The maximum absolute atomic E-state index is 2.29. The smallest absolute Gasteiger partial charge is 0.00248 e. The van der Waals surface area contributed by atoms with E-state index < -0.39 is 0 Å². The molecule has 1 rings (SSSR count). The molecule has 0 aromatic heterocycles. The Morgan fingerprint density at radius 1 is 0.640 bits per heavy atom. The summed E-state index contributed by atoms with van der Waals surface area (Å²) in [6, 6.07) is 8.83. The predicted molar refractivity (Wildman–Crippen MR) is 112 cm³/mol. The summed E-state index contributed by atoms with van der Waals surface area (Å²) in [5, 5.41) is 0. The standard InChI is InChI=1S/C23H41N.H2O/c1-22-18-15-16-20-23(22)19-14-12-10-8-6-4-5-7-9-11-13-17-21-24(2)3;/h15-16,18,20H,4-14,17,19,21H2,1-3H3;1H2. The Bertz CT molecular complexity index is 403. The molecule has 0 bridgehead atoms. The van der Waals surface area contributed by atoms with Gasteiger partial charge < -0.3 is 10.4 Å². The summed E-state index contributed by atoms with van der Waals surface area (Å²) in [4.78, 5) is 2.29. The molecule has 0 saturated heterocycles. The van der Waals surface area contributed by atoms with Crippen LogP contribution < -0.4 is 0 Å². The minimum absolute atomic E-state index is 0. The summed E-state index contributed by atoms with van der Waals surface area (Å²) in [6.45, 7) is 3.49. The van der Waals surface area contributed by atoms with Crippen molar-refractivity contribution in [3.8, 4) is 0 Å². The van der Waals surface area contributed by atoms with Crippen LogP contribution in [0, 0.1) is 6.92 Å². The van der Waals surface area contributed by atoms with Crippen LogP contribution in [0.2, 0.25) is 0 Å². The van der Waals surface area contributed by atoms with Crippen LogP contribution in [0.15, 0.2) is 24.3 Å². The van der Waals surface area contributed by atoms with Crippen LogP contribution in [-0.4, -0.2) is 31.0 Å². The summed E-state index contributed by atoms with van der Waals surface area (Å²) < 4.78 is 0. The van der Waals surface area contributed by atoms with Crippen molar-refractivity contribution >= 4 is 0 Å². The van der Waals surface area contributed by atoms with Gasteiger partial charge in [0.1, 0.15) is 0 Å². The molecule has 2 N–H and O–H groups in total. The number of hydrogen-bond acceptors (Lipinski definition) is 1. The van der Waals surface area contributed by atoms with Crippen molar-refractivity contribution in [1.29, 1.82) is 0 Å². The molecule has 0 spiro atoms. The molecule has 0 heterocycles. The van der Waals surface area contributed by atoms with E-state index in [-0.39, 0.29) is 5.48 Å². The SMILES string of the molecule is Cc1ccccc1CCCCCCCCCCCCCCN(C)C.O. The Morgan fingerprint density at radius 3 is 1.56 bits per heavy atom. The van der Waals surface area contributed by atoms with Gasteiger partial charge in [-0.25, -0.2) is 0 Å². The molecule has 0 fully saturated rings. The minimum Gasteiger partial charge on any atom is -0.412 e. The van der Waals surface area contributed by atoms with Gasteiger partial charge in [0.25, 0.3) is 0 Å². The van der Waals surface area contributed by atoms with Crippen LogP contribution in [0.4, 0.5) is 0 Å². The van der Waals surface area contributed by atoms with E-state index >= 15 is 0 Å². The van der Waals surface area contributed by atoms with Gasteiger partial charge in [0.15, 0.2) is 0 Å². The Morgan fingerprint density at radius 2 is 1.08 bits per heavy atom. The normalized spacial score (nSPS) is 10.9. The fourth-order valence-corrected chi connectivity index (χ4v) is 3.40. The number of unbranched alkanes of at least 4 members (excludes halogenated alkanes) is 11. The van der Waals surface area contributed by atoms with Gasteiger partial charge in [0.05, 0.1) is 0 Å².